The number of amides is 2. The van der Waals surface area contributed by atoms with Crippen LogP contribution >= 0.6 is 0 Å². The number of anilines is 1. The van der Waals surface area contributed by atoms with Crippen LogP contribution in [0.5, 0.6) is 5.75 Å². The van der Waals surface area contributed by atoms with Crippen molar-refractivity contribution in [2.75, 3.05) is 45.2 Å². The largest absolute Gasteiger partial charge is 0.492 e. The lowest BCUT2D eigenvalue weighted by Crippen LogP contribution is -2.33. The highest BCUT2D eigenvalue weighted by molar-refractivity contribution is 5.97. The normalized spacial score (nSPS) is 10.6. The molecule has 0 saturated carbocycles. The number of nitrogens with one attached hydrogen (secondary N) is 1. The molecular weight excluding hydrogens is 354 g/mol. The molecule has 28 heavy (non-hydrogen) atoms. The Labute approximate surface area is 167 Å². The molecule has 2 rings (SSSR count). The number of nitrogens with zero attached hydrogens (tertiary/aromatic N) is 2. The SMILES string of the molecule is CCN(CC)C(=O)c1cccc(NC(=O)CN(C)CCOc2ccccc2)c1. The number of hydrogen-bond donors (Lipinski definition) is 1. The van der Waals surface area contributed by atoms with Gasteiger partial charge in [-0.25, -0.2) is 0 Å². The molecule has 0 aliphatic rings. The summed E-state index contributed by atoms with van der Waals surface area (Å²) in [4.78, 5) is 28.4. The lowest BCUT2D eigenvalue weighted by atomic mass is 10.1. The summed E-state index contributed by atoms with van der Waals surface area (Å²) >= 11 is 0. The van der Waals surface area contributed by atoms with E-state index in [9.17, 15) is 9.59 Å². The Kier molecular flexibility index (Phi) is 8.49. The van der Waals surface area contributed by atoms with E-state index in [-0.39, 0.29) is 18.4 Å². The molecule has 6 heteroatoms. The number of carbonyl (C=O) groups excluding carboxylic acids is 2. The van der Waals surface area contributed by atoms with Crippen molar-refractivity contribution in [3.63, 3.8) is 0 Å². The fourth-order valence-corrected chi connectivity index (χ4v) is 2.78. The summed E-state index contributed by atoms with van der Waals surface area (Å²) < 4.78 is 5.65. The zero-order chi connectivity index (χ0) is 20.4. The average molecular weight is 383 g/mol. The second-order valence-corrected chi connectivity index (χ2v) is 6.51. The number of ether oxygens (including phenoxy) is 1. The summed E-state index contributed by atoms with van der Waals surface area (Å²) in [5, 5.41) is 2.86. The molecule has 2 aromatic rings. The highest BCUT2D eigenvalue weighted by Gasteiger charge is 2.13. The molecule has 0 aliphatic carbocycles. The van der Waals surface area contributed by atoms with Crippen LogP contribution in [0.3, 0.4) is 0 Å². The molecule has 0 unspecified atom stereocenters. The molecule has 2 amide bonds. The molecule has 0 radical (unpaired) electrons. The lowest BCUT2D eigenvalue weighted by molar-refractivity contribution is -0.117. The van der Waals surface area contributed by atoms with Crippen LogP contribution in [0.4, 0.5) is 5.69 Å². The number of rotatable bonds is 10. The van der Waals surface area contributed by atoms with E-state index in [2.05, 4.69) is 5.32 Å². The molecule has 0 aromatic heterocycles. The van der Waals surface area contributed by atoms with Gasteiger partial charge in [0, 0.05) is 30.9 Å². The van der Waals surface area contributed by atoms with Gasteiger partial charge in [-0.3, -0.25) is 14.5 Å². The Morgan fingerprint density at radius 1 is 1.00 bits per heavy atom. The van der Waals surface area contributed by atoms with Crippen molar-refractivity contribution in [3.05, 3.63) is 60.2 Å². The summed E-state index contributed by atoms with van der Waals surface area (Å²) in [7, 11) is 1.87. The maximum absolute atomic E-state index is 12.4. The van der Waals surface area contributed by atoms with Crippen LogP contribution in [-0.2, 0) is 4.79 Å². The van der Waals surface area contributed by atoms with Crippen LogP contribution in [0.15, 0.2) is 54.6 Å². The third kappa shape index (κ3) is 6.70. The Balaban J connectivity index is 1.82. The Bertz CT molecular complexity index is 761. The first-order valence-electron chi connectivity index (χ1n) is 9.59. The van der Waals surface area contributed by atoms with Crippen molar-refractivity contribution in [2.45, 2.75) is 13.8 Å². The van der Waals surface area contributed by atoms with E-state index in [1.54, 1.807) is 29.2 Å². The van der Waals surface area contributed by atoms with Gasteiger partial charge in [0.05, 0.1) is 6.54 Å². The number of likely N-dealkylation sites (N-methyl/N-ethyl adjacent to an activating group) is 1. The van der Waals surface area contributed by atoms with E-state index >= 15 is 0 Å². The highest BCUT2D eigenvalue weighted by atomic mass is 16.5. The van der Waals surface area contributed by atoms with Gasteiger partial charge in [0.15, 0.2) is 0 Å². The lowest BCUT2D eigenvalue weighted by Gasteiger charge is -2.19. The Morgan fingerprint density at radius 3 is 2.39 bits per heavy atom. The highest BCUT2D eigenvalue weighted by Crippen LogP contribution is 2.13. The van der Waals surface area contributed by atoms with Crippen LogP contribution in [0, 0.1) is 0 Å². The maximum atomic E-state index is 12.4. The van der Waals surface area contributed by atoms with Gasteiger partial charge >= 0.3 is 0 Å². The molecular formula is C22H29N3O3. The summed E-state index contributed by atoms with van der Waals surface area (Å²) in [5.74, 6) is 0.654. The van der Waals surface area contributed by atoms with Crippen LogP contribution in [0.1, 0.15) is 24.2 Å². The minimum absolute atomic E-state index is 0.0312. The summed E-state index contributed by atoms with van der Waals surface area (Å²) in [6.45, 7) is 6.58. The topological polar surface area (TPSA) is 61.9 Å². The first-order chi connectivity index (χ1) is 13.5. The molecule has 1 N–H and O–H groups in total. The Morgan fingerprint density at radius 2 is 1.71 bits per heavy atom. The minimum Gasteiger partial charge on any atom is -0.492 e. The second kappa shape index (κ2) is 11.1. The Hall–Kier alpha value is -2.86. The molecule has 6 nitrogen and oxygen atoms in total. The molecule has 0 atom stereocenters. The fourth-order valence-electron chi connectivity index (χ4n) is 2.78. The fraction of sp³-hybridized carbons (Fsp3) is 0.364. The van der Waals surface area contributed by atoms with Gasteiger partial charge in [0.2, 0.25) is 5.91 Å². The van der Waals surface area contributed by atoms with Crippen molar-refractivity contribution < 1.29 is 14.3 Å². The van der Waals surface area contributed by atoms with Crippen LogP contribution < -0.4 is 10.1 Å². The predicted molar refractivity (Wildman–Crippen MR) is 112 cm³/mol. The molecule has 0 spiro atoms. The predicted octanol–water partition coefficient (Wildman–Crippen LogP) is 3.12. The van der Waals surface area contributed by atoms with E-state index in [0.717, 1.165) is 5.75 Å². The molecule has 0 bridgehead atoms. The monoisotopic (exact) mass is 383 g/mol. The van der Waals surface area contributed by atoms with Gasteiger partial charge in [-0.2, -0.15) is 0 Å². The van der Waals surface area contributed by atoms with Crippen molar-refractivity contribution in [1.29, 1.82) is 0 Å². The van der Waals surface area contributed by atoms with Crippen LogP contribution in [-0.4, -0.2) is 61.4 Å². The molecule has 0 heterocycles. The van der Waals surface area contributed by atoms with Gasteiger partial charge in [-0.05, 0) is 51.2 Å². The zero-order valence-electron chi connectivity index (χ0n) is 16.9. The van der Waals surface area contributed by atoms with Crippen molar-refractivity contribution >= 4 is 17.5 Å². The van der Waals surface area contributed by atoms with Gasteiger partial charge < -0.3 is 15.0 Å². The first kappa shape index (κ1) is 21.4. The van der Waals surface area contributed by atoms with E-state index in [1.165, 1.54) is 0 Å². The standard InChI is InChI=1S/C22H29N3O3/c1-4-25(5-2)22(27)18-10-9-11-19(16-18)23-21(26)17-24(3)14-15-28-20-12-7-6-8-13-20/h6-13,16H,4-5,14-15,17H2,1-3H3,(H,23,26). The first-order valence-corrected chi connectivity index (χ1v) is 9.59. The van der Waals surface area contributed by atoms with Gasteiger partial charge in [-0.1, -0.05) is 24.3 Å². The van der Waals surface area contributed by atoms with Crippen molar-refractivity contribution in [2.24, 2.45) is 0 Å². The smallest absolute Gasteiger partial charge is 0.253 e. The number of hydrogen-bond acceptors (Lipinski definition) is 4. The zero-order valence-corrected chi connectivity index (χ0v) is 16.9. The molecule has 2 aromatic carbocycles. The van der Waals surface area contributed by atoms with E-state index in [0.29, 0.717) is 37.5 Å². The molecule has 0 aliphatic heterocycles. The quantitative estimate of drug-likeness (QED) is 0.685. The summed E-state index contributed by atoms with van der Waals surface area (Å²) in [6.07, 6.45) is 0. The number of carbonyl (C=O) groups is 2. The van der Waals surface area contributed by atoms with E-state index < -0.39 is 0 Å². The average Bonchev–Trinajstić information content (AvgIpc) is 2.69. The van der Waals surface area contributed by atoms with E-state index in [4.69, 9.17) is 4.74 Å². The van der Waals surface area contributed by atoms with Crippen molar-refractivity contribution in [3.8, 4) is 5.75 Å². The van der Waals surface area contributed by atoms with Gasteiger partial charge in [-0.15, -0.1) is 0 Å². The summed E-state index contributed by atoms with van der Waals surface area (Å²) in [5.41, 5.74) is 1.20. The van der Waals surface area contributed by atoms with Gasteiger partial charge in [0.1, 0.15) is 12.4 Å². The third-order valence-electron chi connectivity index (χ3n) is 4.34. The van der Waals surface area contributed by atoms with Crippen LogP contribution in [0.25, 0.3) is 0 Å². The second-order valence-electron chi connectivity index (χ2n) is 6.51. The molecule has 150 valence electrons. The maximum Gasteiger partial charge on any atom is 0.253 e. The minimum atomic E-state index is -0.130. The third-order valence-corrected chi connectivity index (χ3v) is 4.34. The number of para-hydroxylation sites is 1. The number of benzene rings is 2. The van der Waals surface area contributed by atoms with E-state index in [1.807, 2.05) is 56.1 Å². The molecule has 0 fully saturated rings. The van der Waals surface area contributed by atoms with Crippen molar-refractivity contribution in [1.82, 2.24) is 9.80 Å². The molecule has 0 saturated heterocycles. The summed E-state index contributed by atoms with van der Waals surface area (Å²) in [6, 6.07) is 16.6. The van der Waals surface area contributed by atoms with Crippen LogP contribution in [0.2, 0.25) is 0 Å². The van der Waals surface area contributed by atoms with Gasteiger partial charge in [0.25, 0.3) is 5.91 Å².